The average Bonchev–Trinajstić information content (AvgIpc) is 2.98. The van der Waals surface area contributed by atoms with Gasteiger partial charge in [0.2, 0.25) is 5.82 Å². The lowest BCUT2D eigenvalue weighted by Gasteiger charge is -2.21. The van der Waals surface area contributed by atoms with Crippen molar-refractivity contribution in [1.82, 2.24) is 0 Å². The van der Waals surface area contributed by atoms with Gasteiger partial charge in [-0.1, -0.05) is 37.5 Å². The van der Waals surface area contributed by atoms with Crippen LogP contribution in [0.5, 0.6) is 5.75 Å². The molecule has 3 rings (SSSR count). The Hall–Kier alpha value is -1.38. The molecular formula is C19H24F2O. The first-order valence-electron chi connectivity index (χ1n) is 8.50. The minimum atomic E-state index is -0.840. The number of hydrogen-bond donors (Lipinski definition) is 0. The largest absolute Gasteiger partial charge is 0.490 e. The number of benzene rings is 1. The van der Waals surface area contributed by atoms with Crippen molar-refractivity contribution in [3.05, 3.63) is 41.5 Å². The van der Waals surface area contributed by atoms with Crippen LogP contribution in [-0.4, -0.2) is 6.61 Å². The Balaban J connectivity index is 1.58. The van der Waals surface area contributed by atoms with Crippen LogP contribution in [0.1, 0.15) is 50.5 Å². The number of allylic oxidation sites excluding steroid dienone is 2. The molecule has 2 aliphatic rings. The summed E-state index contributed by atoms with van der Waals surface area (Å²) in [6.07, 6.45) is 13.0. The standard InChI is InChI=1S/C19H24F2O/c20-18-16(10-4-9-14-7-3-8-14)11-12-17(19(18)21)22-13-15-5-1-2-6-15/h4,9,11-12,14-15H,1-3,5-8,10,13H2/b9-4+. The predicted molar refractivity (Wildman–Crippen MR) is 84.0 cm³/mol. The molecule has 0 bridgehead atoms. The third kappa shape index (κ3) is 3.68. The molecule has 3 heteroatoms. The second kappa shape index (κ2) is 7.26. The van der Waals surface area contributed by atoms with Gasteiger partial charge in [0.1, 0.15) is 0 Å². The fraction of sp³-hybridized carbons (Fsp3) is 0.579. The van der Waals surface area contributed by atoms with Crippen molar-refractivity contribution in [3.8, 4) is 5.75 Å². The maximum Gasteiger partial charge on any atom is 0.200 e. The van der Waals surface area contributed by atoms with E-state index < -0.39 is 11.6 Å². The van der Waals surface area contributed by atoms with E-state index in [1.165, 1.54) is 32.1 Å². The van der Waals surface area contributed by atoms with E-state index >= 15 is 0 Å². The molecule has 0 aromatic heterocycles. The molecular weight excluding hydrogens is 282 g/mol. The molecule has 2 fully saturated rings. The first-order chi connectivity index (χ1) is 10.7. The Morgan fingerprint density at radius 1 is 1.00 bits per heavy atom. The van der Waals surface area contributed by atoms with Crippen LogP contribution in [0, 0.1) is 23.5 Å². The Labute approximate surface area is 131 Å². The molecule has 2 aliphatic carbocycles. The lowest BCUT2D eigenvalue weighted by molar-refractivity contribution is 0.239. The molecule has 120 valence electrons. The second-order valence-electron chi connectivity index (χ2n) is 6.64. The van der Waals surface area contributed by atoms with Crippen LogP contribution in [0.3, 0.4) is 0 Å². The summed E-state index contributed by atoms with van der Waals surface area (Å²) in [6.45, 7) is 0.497. The highest BCUT2D eigenvalue weighted by Crippen LogP contribution is 2.29. The normalized spacial score (nSPS) is 19.7. The highest BCUT2D eigenvalue weighted by molar-refractivity contribution is 5.32. The van der Waals surface area contributed by atoms with Gasteiger partial charge in [-0.2, -0.15) is 4.39 Å². The monoisotopic (exact) mass is 306 g/mol. The Morgan fingerprint density at radius 3 is 2.45 bits per heavy atom. The highest BCUT2D eigenvalue weighted by Gasteiger charge is 2.19. The zero-order chi connectivity index (χ0) is 15.4. The van der Waals surface area contributed by atoms with Crippen LogP contribution in [0.2, 0.25) is 0 Å². The van der Waals surface area contributed by atoms with Crippen LogP contribution in [0.25, 0.3) is 0 Å². The van der Waals surface area contributed by atoms with Crippen LogP contribution in [0.4, 0.5) is 8.78 Å². The Morgan fingerprint density at radius 2 is 1.77 bits per heavy atom. The van der Waals surface area contributed by atoms with Crippen molar-refractivity contribution < 1.29 is 13.5 Å². The molecule has 0 N–H and O–H groups in total. The first kappa shape index (κ1) is 15.5. The van der Waals surface area contributed by atoms with Crippen molar-refractivity contribution in [2.75, 3.05) is 6.61 Å². The van der Waals surface area contributed by atoms with Crippen molar-refractivity contribution >= 4 is 0 Å². The zero-order valence-corrected chi connectivity index (χ0v) is 13.0. The third-order valence-electron chi connectivity index (χ3n) is 4.97. The topological polar surface area (TPSA) is 9.23 Å². The summed E-state index contributed by atoms with van der Waals surface area (Å²) in [6, 6.07) is 3.22. The van der Waals surface area contributed by atoms with Crippen molar-refractivity contribution in [2.45, 2.75) is 51.4 Å². The smallest absolute Gasteiger partial charge is 0.200 e. The summed E-state index contributed by atoms with van der Waals surface area (Å²) in [5.41, 5.74) is 0.404. The molecule has 0 aliphatic heterocycles. The van der Waals surface area contributed by atoms with Crippen molar-refractivity contribution in [3.63, 3.8) is 0 Å². The second-order valence-corrected chi connectivity index (χ2v) is 6.64. The first-order valence-corrected chi connectivity index (χ1v) is 8.50. The van der Waals surface area contributed by atoms with Gasteiger partial charge in [0.05, 0.1) is 6.61 Å². The SMILES string of the molecule is Fc1c(C/C=C/C2CCC2)ccc(OCC2CCCC2)c1F. The number of hydrogen-bond acceptors (Lipinski definition) is 1. The lowest BCUT2D eigenvalue weighted by atomic mass is 9.85. The quantitative estimate of drug-likeness (QED) is 0.636. The molecule has 0 heterocycles. The predicted octanol–water partition coefficient (Wildman–Crippen LogP) is 5.43. The van der Waals surface area contributed by atoms with Gasteiger partial charge in [0.25, 0.3) is 0 Å². The van der Waals surface area contributed by atoms with Crippen molar-refractivity contribution in [1.29, 1.82) is 0 Å². The number of rotatable bonds is 6. The van der Waals surface area contributed by atoms with Gasteiger partial charge in [0, 0.05) is 0 Å². The molecule has 0 amide bonds. The molecule has 1 aromatic rings. The van der Waals surface area contributed by atoms with Gasteiger partial charge in [0.15, 0.2) is 11.6 Å². The van der Waals surface area contributed by atoms with E-state index in [1.54, 1.807) is 12.1 Å². The molecule has 22 heavy (non-hydrogen) atoms. The molecule has 1 aromatic carbocycles. The summed E-state index contributed by atoms with van der Waals surface area (Å²) in [7, 11) is 0. The average molecular weight is 306 g/mol. The van der Waals surface area contributed by atoms with E-state index in [2.05, 4.69) is 6.08 Å². The number of ether oxygens (including phenoxy) is 1. The van der Waals surface area contributed by atoms with Gasteiger partial charge >= 0.3 is 0 Å². The lowest BCUT2D eigenvalue weighted by Crippen LogP contribution is -2.10. The maximum atomic E-state index is 14.1. The minimum Gasteiger partial charge on any atom is -0.490 e. The molecule has 0 unspecified atom stereocenters. The van der Waals surface area contributed by atoms with Gasteiger partial charge in [-0.3, -0.25) is 0 Å². The van der Waals surface area contributed by atoms with E-state index in [9.17, 15) is 8.78 Å². The summed E-state index contributed by atoms with van der Waals surface area (Å²) >= 11 is 0. The van der Waals surface area contributed by atoms with Crippen molar-refractivity contribution in [2.24, 2.45) is 11.8 Å². The fourth-order valence-electron chi connectivity index (χ4n) is 3.25. The Kier molecular flexibility index (Phi) is 5.12. The van der Waals surface area contributed by atoms with Gasteiger partial charge in [-0.25, -0.2) is 4.39 Å². The van der Waals surface area contributed by atoms with Crippen LogP contribution in [-0.2, 0) is 6.42 Å². The summed E-state index contributed by atoms with van der Waals surface area (Å²) in [5.74, 6) is -0.416. The zero-order valence-electron chi connectivity index (χ0n) is 13.0. The summed E-state index contributed by atoms with van der Waals surface area (Å²) < 4.78 is 33.7. The van der Waals surface area contributed by atoms with Crippen LogP contribution < -0.4 is 4.74 Å². The molecule has 0 radical (unpaired) electrons. The molecule has 0 saturated heterocycles. The molecule has 0 spiro atoms. The van der Waals surface area contributed by atoms with Crippen LogP contribution >= 0.6 is 0 Å². The fourth-order valence-corrected chi connectivity index (χ4v) is 3.25. The summed E-state index contributed by atoms with van der Waals surface area (Å²) in [4.78, 5) is 0. The van der Waals surface area contributed by atoms with E-state index in [-0.39, 0.29) is 5.75 Å². The minimum absolute atomic E-state index is 0.0520. The maximum absolute atomic E-state index is 14.1. The highest BCUT2D eigenvalue weighted by atomic mass is 19.2. The molecule has 2 saturated carbocycles. The van der Waals surface area contributed by atoms with E-state index in [4.69, 9.17) is 4.74 Å². The van der Waals surface area contributed by atoms with Gasteiger partial charge in [-0.05, 0) is 55.6 Å². The van der Waals surface area contributed by atoms with Gasteiger partial charge < -0.3 is 4.74 Å². The Bertz CT molecular complexity index is 528. The van der Waals surface area contributed by atoms with E-state index in [0.29, 0.717) is 30.4 Å². The number of halogens is 2. The van der Waals surface area contributed by atoms with Gasteiger partial charge in [-0.15, -0.1) is 0 Å². The van der Waals surface area contributed by atoms with E-state index in [1.807, 2.05) is 6.08 Å². The summed E-state index contributed by atoms with van der Waals surface area (Å²) in [5, 5.41) is 0. The van der Waals surface area contributed by atoms with E-state index in [0.717, 1.165) is 12.8 Å². The third-order valence-corrected chi connectivity index (χ3v) is 4.97. The molecule has 0 atom stereocenters. The molecule has 1 nitrogen and oxygen atoms in total. The van der Waals surface area contributed by atoms with Crippen LogP contribution in [0.15, 0.2) is 24.3 Å².